The fourth-order valence-corrected chi connectivity index (χ4v) is 3.25. The highest BCUT2D eigenvalue weighted by Gasteiger charge is 2.23. The Labute approximate surface area is 152 Å². The summed E-state index contributed by atoms with van der Waals surface area (Å²) in [5, 5.41) is 17.2. The summed E-state index contributed by atoms with van der Waals surface area (Å²) in [6.45, 7) is 7.65. The van der Waals surface area contributed by atoms with E-state index in [-0.39, 0.29) is 0 Å². The first kappa shape index (κ1) is 16.9. The Morgan fingerprint density at radius 1 is 1.23 bits per heavy atom. The minimum absolute atomic E-state index is 0.380. The van der Waals surface area contributed by atoms with Crippen molar-refractivity contribution in [3.05, 3.63) is 42.5 Å². The van der Waals surface area contributed by atoms with Crippen LogP contribution in [-0.4, -0.2) is 43.6 Å². The first-order valence-corrected chi connectivity index (χ1v) is 8.92. The molecule has 3 N–H and O–H groups in total. The van der Waals surface area contributed by atoms with Gasteiger partial charge in [0.2, 0.25) is 0 Å². The largest absolute Gasteiger partial charge is 0.384 e. The minimum Gasteiger partial charge on any atom is -0.384 e. The van der Waals surface area contributed by atoms with Gasteiger partial charge in [-0.15, -0.1) is 0 Å². The van der Waals surface area contributed by atoms with Crippen LogP contribution < -0.4 is 10.6 Å². The van der Waals surface area contributed by atoms with Crippen LogP contribution in [0.4, 0.5) is 5.82 Å². The molecule has 0 saturated carbocycles. The molecule has 4 heterocycles. The smallest absolute Gasteiger partial charge is 0.155 e. The fourth-order valence-electron chi connectivity index (χ4n) is 3.25. The molecule has 1 aliphatic rings. The average molecular weight is 352 g/mol. The molecule has 1 saturated heterocycles. The van der Waals surface area contributed by atoms with Gasteiger partial charge < -0.3 is 15.7 Å². The van der Waals surface area contributed by atoms with Crippen LogP contribution in [0.25, 0.3) is 17.0 Å². The van der Waals surface area contributed by atoms with Gasteiger partial charge in [0, 0.05) is 18.8 Å². The van der Waals surface area contributed by atoms with Gasteiger partial charge in [-0.1, -0.05) is 13.0 Å². The molecule has 0 radical (unpaired) electrons. The van der Waals surface area contributed by atoms with Gasteiger partial charge in [0.15, 0.2) is 5.65 Å². The van der Waals surface area contributed by atoms with Crippen molar-refractivity contribution in [2.75, 3.05) is 18.4 Å². The Kier molecular flexibility index (Phi) is 4.13. The fraction of sp³-hybridized carbons (Fsp3) is 0.421. The summed E-state index contributed by atoms with van der Waals surface area (Å²) in [6, 6.07) is 6.33. The van der Waals surface area contributed by atoms with Gasteiger partial charge in [-0.2, -0.15) is 0 Å². The van der Waals surface area contributed by atoms with Gasteiger partial charge in [0.1, 0.15) is 11.4 Å². The lowest BCUT2D eigenvalue weighted by Gasteiger charge is -2.18. The Bertz CT molecular complexity index is 929. The van der Waals surface area contributed by atoms with Crippen LogP contribution in [0.5, 0.6) is 0 Å². The number of aliphatic hydroxyl groups is 1. The quantitative estimate of drug-likeness (QED) is 0.666. The summed E-state index contributed by atoms with van der Waals surface area (Å²) in [6.07, 6.45) is 5.28. The second-order valence-electron chi connectivity index (χ2n) is 7.50. The molecule has 7 nitrogen and oxygen atoms in total. The number of pyridine rings is 1. The lowest BCUT2D eigenvalue weighted by Crippen LogP contribution is -2.27. The summed E-state index contributed by atoms with van der Waals surface area (Å²) in [5.74, 6) is 1.42. The number of aromatic nitrogens is 4. The lowest BCUT2D eigenvalue weighted by molar-refractivity contribution is 0.0734. The first-order valence-electron chi connectivity index (χ1n) is 8.92. The monoisotopic (exact) mass is 352 g/mol. The number of anilines is 1. The van der Waals surface area contributed by atoms with Crippen molar-refractivity contribution in [3.63, 3.8) is 0 Å². The van der Waals surface area contributed by atoms with Crippen LogP contribution in [0.1, 0.15) is 26.5 Å². The van der Waals surface area contributed by atoms with E-state index in [9.17, 15) is 5.11 Å². The van der Waals surface area contributed by atoms with Gasteiger partial charge in [0.25, 0.3) is 0 Å². The maximum atomic E-state index is 10.2. The second kappa shape index (κ2) is 6.34. The van der Waals surface area contributed by atoms with Gasteiger partial charge in [-0.05, 0) is 38.4 Å². The van der Waals surface area contributed by atoms with Crippen molar-refractivity contribution in [2.45, 2.75) is 32.4 Å². The molecular formula is C19H24N6O. The summed E-state index contributed by atoms with van der Waals surface area (Å²) in [5.41, 5.74) is 1.99. The number of fused-ring (bicyclic) bond motifs is 1. The number of nitrogens with one attached hydrogen (secondary N) is 2. The van der Waals surface area contributed by atoms with E-state index in [0.717, 1.165) is 35.9 Å². The number of nitrogens with zero attached hydrogens (tertiary/aromatic N) is 4. The predicted molar refractivity (Wildman–Crippen MR) is 101 cm³/mol. The molecule has 0 bridgehead atoms. The van der Waals surface area contributed by atoms with Crippen molar-refractivity contribution in [3.8, 4) is 11.4 Å². The highest BCUT2D eigenvalue weighted by Crippen LogP contribution is 2.24. The van der Waals surface area contributed by atoms with E-state index < -0.39 is 5.60 Å². The Morgan fingerprint density at radius 3 is 2.81 bits per heavy atom. The van der Waals surface area contributed by atoms with Crippen LogP contribution >= 0.6 is 0 Å². The van der Waals surface area contributed by atoms with E-state index in [1.165, 1.54) is 0 Å². The standard InChI is InChI=1S/C19H24N6O/c1-12-7-20-8-14(12)24-17-6-4-5-13(23-17)15-9-22-18-10-21-16(11-25(15)18)19(2,3)26/h4-6,9-12,14,20,26H,7-8H2,1-3H3,(H,23,24)/t12-,14-/m0/s1. The van der Waals surface area contributed by atoms with E-state index in [4.69, 9.17) is 4.98 Å². The zero-order valence-corrected chi connectivity index (χ0v) is 15.3. The molecule has 136 valence electrons. The maximum absolute atomic E-state index is 10.2. The van der Waals surface area contributed by atoms with Crippen LogP contribution in [-0.2, 0) is 5.60 Å². The summed E-state index contributed by atoms with van der Waals surface area (Å²) in [4.78, 5) is 13.5. The van der Waals surface area contributed by atoms with Gasteiger partial charge in [-0.25, -0.2) is 9.97 Å². The molecule has 4 rings (SSSR count). The van der Waals surface area contributed by atoms with E-state index >= 15 is 0 Å². The summed E-state index contributed by atoms with van der Waals surface area (Å²) < 4.78 is 1.92. The molecule has 3 aromatic heterocycles. The number of rotatable bonds is 4. The van der Waals surface area contributed by atoms with Gasteiger partial charge in [0.05, 0.1) is 29.5 Å². The predicted octanol–water partition coefficient (Wildman–Crippen LogP) is 2.04. The van der Waals surface area contributed by atoms with Crippen molar-refractivity contribution in [2.24, 2.45) is 5.92 Å². The topological polar surface area (TPSA) is 87.4 Å². The van der Waals surface area contributed by atoms with E-state index in [1.807, 2.05) is 28.8 Å². The molecule has 0 unspecified atom stereocenters. The molecule has 2 atom stereocenters. The van der Waals surface area contributed by atoms with Gasteiger partial charge in [-0.3, -0.25) is 9.38 Å². The zero-order chi connectivity index (χ0) is 18.3. The SMILES string of the molecule is C[C@H]1CNC[C@@H]1Nc1cccc(-c2cnc3cnc(C(C)(C)O)cn23)n1. The number of imidazole rings is 1. The zero-order valence-electron chi connectivity index (χ0n) is 15.3. The molecule has 26 heavy (non-hydrogen) atoms. The maximum Gasteiger partial charge on any atom is 0.155 e. The Hall–Kier alpha value is -2.51. The number of hydrogen-bond donors (Lipinski definition) is 3. The van der Waals surface area contributed by atoms with E-state index in [0.29, 0.717) is 17.7 Å². The molecule has 1 aliphatic heterocycles. The molecule has 0 aliphatic carbocycles. The minimum atomic E-state index is -1.02. The Morgan fingerprint density at radius 2 is 2.08 bits per heavy atom. The van der Waals surface area contributed by atoms with Crippen LogP contribution in [0.3, 0.4) is 0 Å². The Balaban J connectivity index is 1.70. The van der Waals surface area contributed by atoms with Crippen molar-refractivity contribution < 1.29 is 5.11 Å². The third kappa shape index (κ3) is 3.15. The van der Waals surface area contributed by atoms with Gasteiger partial charge >= 0.3 is 0 Å². The molecule has 3 aromatic rings. The van der Waals surface area contributed by atoms with Crippen molar-refractivity contribution in [1.29, 1.82) is 0 Å². The van der Waals surface area contributed by atoms with E-state index in [2.05, 4.69) is 27.5 Å². The second-order valence-corrected chi connectivity index (χ2v) is 7.50. The van der Waals surface area contributed by atoms with Crippen LogP contribution in [0.2, 0.25) is 0 Å². The van der Waals surface area contributed by atoms with E-state index in [1.54, 1.807) is 26.2 Å². The molecule has 0 amide bonds. The summed E-state index contributed by atoms with van der Waals surface area (Å²) in [7, 11) is 0. The first-order chi connectivity index (χ1) is 12.4. The molecular weight excluding hydrogens is 328 g/mol. The van der Waals surface area contributed by atoms with Crippen LogP contribution in [0, 0.1) is 5.92 Å². The summed E-state index contributed by atoms with van der Waals surface area (Å²) >= 11 is 0. The third-order valence-corrected chi connectivity index (χ3v) is 4.89. The molecule has 1 fully saturated rings. The highest BCUT2D eigenvalue weighted by atomic mass is 16.3. The average Bonchev–Trinajstić information content (AvgIpc) is 3.20. The van der Waals surface area contributed by atoms with Crippen LogP contribution in [0.15, 0.2) is 36.8 Å². The van der Waals surface area contributed by atoms with Crippen molar-refractivity contribution in [1.82, 2.24) is 24.7 Å². The third-order valence-electron chi connectivity index (χ3n) is 4.89. The highest BCUT2D eigenvalue weighted by molar-refractivity contribution is 5.61. The molecule has 0 spiro atoms. The van der Waals surface area contributed by atoms with Crippen molar-refractivity contribution >= 4 is 11.5 Å². The molecule has 7 heteroatoms. The number of hydrogen-bond acceptors (Lipinski definition) is 6. The normalized spacial score (nSPS) is 20.6. The lowest BCUT2D eigenvalue weighted by atomic mass is 10.1. The molecule has 0 aromatic carbocycles.